The third-order valence-corrected chi connectivity index (χ3v) is 5.31. The number of hydrogen-bond acceptors (Lipinski definition) is 3. The standard InChI is InChI=1S/C21H18Cl2N2O2/c22-17-7-2-4-14-15(17)5-1-6-16(14)21(26)24-19-9-3-8-18(23)20(19)25-10-12-27-13-11-25/h1-9H,10-13H2,(H,24,26). The van der Waals surface area contributed by atoms with Crippen molar-refractivity contribution >= 4 is 51.3 Å². The molecule has 1 aliphatic heterocycles. The Morgan fingerprint density at radius 1 is 0.889 bits per heavy atom. The number of rotatable bonds is 3. The number of morpholine rings is 1. The van der Waals surface area contributed by atoms with Gasteiger partial charge in [0.1, 0.15) is 0 Å². The molecule has 3 aromatic rings. The van der Waals surface area contributed by atoms with Crippen LogP contribution in [0.3, 0.4) is 0 Å². The van der Waals surface area contributed by atoms with Gasteiger partial charge < -0.3 is 15.0 Å². The molecule has 4 nitrogen and oxygen atoms in total. The molecule has 0 atom stereocenters. The number of ether oxygens (including phenoxy) is 1. The van der Waals surface area contributed by atoms with E-state index in [0.29, 0.717) is 34.5 Å². The smallest absolute Gasteiger partial charge is 0.256 e. The van der Waals surface area contributed by atoms with E-state index < -0.39 is 0 Å². The molecule has 1 saturated heterocycles. The first-order chi connectivity index (χ1) is 13.1. The first kappa shape index (κ1) is 18.1. The Morgan fingerprint density at radius 2 is 1.56 bits per heavy atom. The van der Waals surface area contributed by atoms with E-state index in [9.17, 15) is 4.79 Å². The van der Waals surface area contributed by atoms with Gasteiger partial charge in [-0.05, 0) is 29.7 Å². The minimum Gasteiger partial charge on any atom is -0.378 e. The van der Waals surface area contributed by atoms with Crippen molar-refractivity contribution in [3.63, 3.8) is 0 Å². The summed E-state index contributed by atoms with van der Waals surface area (Å²) in [6.07, 6.45) is 0. The Balaban J connectivity index is 1.70. The van der Waals surface area contributed by atoms with E-state index in [1.165, 1.54) is 0 Å². The van der Waals surface area contributed by atoms with E-state index in [1.807, 2.05) is 48.5 Å². The lowest BCUT2D eigenvalue weighted by atomic mass is 10.0. The van der Waals surface area contributed by atoms with Gasteiger partial charge in [0.25, 0.3) is 5.91 Å². The van der Waals surface area contributed by atoms with Crippen molar-refractivity contribution in [2.45, 2.75) is 0 Å². The number of anilines is 2. The highest BCUT2D eigenvalue weighted by Crippen LogP contribution is 2.35. The molecule has 138 valence electrons. The zero-order valence-electron chi connectivity index (χ0n) is 14.5. The molecule has 0 aromatic heterocycles. The van der Waals surface area contributed by atoms with Gasteiger partial charge in [0.2, 0.25) is 0 Å². The largest absolute Gasteiger partial charge is 0.378 e. The molecular weight excluding hydrogens is 383 g/mol. The summed E-state index contributed by atoms with van der Waals surface area (Å²) in [4.78, 5) is 15.2. The molecule has 3 aromatic carbocycles. The Bertz CT molecular complexity index is 1000. The normalized spacial score (nSPS) is 14.4. The third kappa shape index (κ3) is 3.61. The van der Waals surface area contributed by atoms with Crippen molar-refractivity contribution in [2.75, 3.05) is 36.5 Å². The maximum atomic E-state index is 13.0. The maximum absolute atomic E-state index is 13.0. The number of halogens is 2. The van der Waals surface area contributed by atoms with Gasteiger partial charge in [-0.3, -0.25) is 4.79 Å². The summed E-state index contributed by atoms with van der Waals surface area (Å²) in [6.45, 7) is 2.74. The van der Waals surface area contributed by atoms with E-state index in [0.717, 1.165) is 29.5 Å². The van der Waals surface area contributed by atoms with Crippen molar-refractivity contribution < 1.29 is 9.53 Å². The van der Waals surface area contributed by atoms with Gasteiger partial charge in [0, 0.05) is 29.1 Å². The number of para-hydroxylation sites is 1. The topological polar surface area (TPSA) is 41.6 Å². The van der Waals surface area contributed by atoms with Crippen molar-refractivity contribution in [3.05, 3.63) is 70.2 Å². The van der Waals surface area contributed by atoms with Crippen LogP contribution in [0.1, 0.15) is 10.4 Å². The lowest BCUT2D eigenvalue weighted by Gasteiger charge is -2.31. The van der Waals surface area contributed by atoms with Gasteiger partial charge in [-0.25, -0.2) is 0 Å². The lowest BCUT2D eigenvalue weighted by molar-refractivity contribution is 0.102. The van der Waals surface area contributed by atoms with Crippen LogP contribution in [0.5, 0.6) is 0 Å². The van der Waals surface area contributed by atoms with Crippen LogP contribution < -0.4 is 10.2 Å². The van der Waals surface area contributed by atoms with Crippen molar-refractivity contribution in [2.24, 2.45) is 0 Å². The fourth-order valence-electron chi connectivity index (χ4n) is 3.38. The fraction of sp³-hybridized carbons (Fsp3) is 0.190. The summed E-state index contributed by atoms with van der Waals surface area (Å²) in [5, 5.41) is 5.93. The number of carbonyl (C=O) groups is 1. The van der Waals surface area contributed by atoms with E-state index in [2.05, 4.69) is 10.2 Å². The summed E-state index contributed by atoms with van der Waals surface area (Å²) >= 11 is 12.7. The highest BCUT2D eigenvalue weighted by molar-refractivity contribution is 6.36. The highest BCUT2D eigenvalue weighted by Gasteiger charge is 2.20. The van der Waals surface area contributed by atoms with Gasteiger partial charge in [-0.1, -0.05) is 53.5 Å². The Morgan fingerprint density at radius 3 is 2.37 bits per heavy atom. The van der Waals surface area contributed by atoms with Crippen LogP contribution in [-0.2, 0) is 4.74 Å². The van der Waals surface area contributed by atoms with Crippen LogP contribution in [-0.4, -0.2) is 32.2 Å². The maximum Gasteiger partial charge on any atom is 0.256 e. The molecule has 1 N–H and O–H groups in total. The minimum absolute atomic E-state index is 0.195. The Kier molecular flexibility index (Phi) is 5.21. The molecule has 0 aliphatic carbocycles. The molecule has 0 unspecified atom stereocenters. The summed E-state index contributed by atoms with van der Waals surface area (Å²) in [7, 11) is 0. The van der Waals surface area contributed by atoms with Crippen LogP contribution in [0, 0.1) is 0 Å². The second-order valence-electron chi connectivity index (χ2n) is 6.33. The number of carbonyl (C=O) groups excluding carboxylic acids is 1. The predicted molar refractivity (Wildman–Crippen MR) is 111 cm³/mol. The molecule has 0 spiro atoms. The Labute approximate surface area is 167 Å². The fourth-order valence-corrected chi connectivity index (χ4v) is 3.92. The van der Waals surface area contributed by atoms with Crippen LogP contribution in [0.25, 0.3) is 10.8 Å². The number of amides is 1. The van der Waals surface area contributed by atoms with E-state index >= 15 is 0 Å². The third-order valence-electron chi connectivity index (χ3n) is 4.68. The number of nitrogens with zero attached hydrogens (tertiary/aromatic N) is 1. The molecule has 1 aliphatic rings. The zero-order valence-corrected chi connectivity index (χ0v) is 16.1. The molecule has 6 heteroatoms. The van der Waals surface area contributed by atoms with Gasteiger partial charge in [-0.2, -0.15) is 0 Å². The van der Waals surface area contributed by atoms with Crippen LogP contribution in [0.4, 0.5) is 11.4 Å². The predicted octanol–water partition coefficient (Wildman–Crippen LogP) is 5.24. The number of nitrogens with one attached hydrogen (secondary N) is 1. The van der Waals surface area contributed by atoms with Gasteiger partial charge in [0.15, 0.2) is 0 Å². The molecule has 0 saturated carbocycles. The molecule has 0 bridgehead atoms. The van der Waals surface area contributed by atoms with Gasteiger partial charge in [0.05, 0.1) is 29.6 Å². The summed E-state index contributed by atoms with van der Waals surface area (Å²) in [5.74, 6) is -0.195. The van der Waals surface area contributed by atoms with E-state index in [4.69, 9.17) is 27.9 Å². The summed E-state index contributed by atoms with van der Waals surface area (Å²) in [5.41, 5.74) is 2.09. The lowest BCUT2D eigenvalue weighted by Crippen LogP contribution is -2.37. The molecule has 1 amide bonds. The first-order valence-electron chi connectivity index (χ1n) is 8.75. The van der Waals surface area contributed by atoms with Crippen LogP contribution in [0.2, 0.25) is 10.0 Å². The van der Waals surface area contributed by atoms with Crippen molar-refractivity contribution in [1.82, 2.24) is 0 Å². The average Bonchev–Trinajstić information content (AvgIpc) is 2.69. The first-order valence-corrected chi connectivity index (χ1v) is 9.50. The van der Waals surface area contributed by atoms with Crippen molar-refractivity contribution in [3.8, 4) is 0 Å². The van der Waals surface area contributed by atoms with Crippen molar-refractivity contribution in [1.29, 1.82) is 0 Å². The number of hydrogen-bond donors (Lipinski definition) is 1. The molecule has 1 fully saturated rings. The minimum atomic E-state index is -0.195. The monoisotopic (exact) mass is 400 g/mol. The Hall–Kier alpha value is -2.27. The molecule has 27 heavy (non-hydrogen) atoms. The second-order valence-corrected chi connectivity index (χ2v) is 7.14. The second kappa shape index (κ2) is 7.77. The zero-order chi connectivity index (χ0) is 18.8. The average molecular weight is 401 g/mol. The molecule has 4 rings (SSSR count). The molecule has 1 heterocycles. The molecular formula is C21H18Cl2N2O2. The summed E-state index contributed by atoms with van der Waals surface area (Å²) in [6, 6.07) is 16.6. The quantitative estimate of drug-likeness (QED) is 0.653. The van der Waals surface area contributed by atoms with Crippen LogP contribution >= 0.6 is 23.2 Å². The summed E-state index contributed by atoms with van der Waals surface area (Å²) < 4.78 is 5.43. The SMILES string of the molecule is O=C(Nc1cccc(Cl)c1N1CCOCC1)c1cccc2c(Cl)cccc12. The van der Waals surface area contributed by atoms with Gasteiger partial charge in [-0.15, -0.1) is 0 Å². The van der Waals surface area contributed by atoms with Gasteiger partial charge >= 0.3 is 0 Å². The molecule has 0 radical (unpaired) electrons. The van der Waals surface area contributed by atoms with Crippen LogP contribution in [0.15, 0.2) is 54.6 Å². The van der Waals surface area contributed by atoms with E-state index in [1.54, 1.807) is 6.07 Å². The number of fused-ring (bicyclic) bond motifs is 1. The van der Waals surface area contributed by atoms with E-state index in [-0.39, 0.29) is 5.91 Å². The number of benzene rings is 3. The highest BCUT2D eigenvalue weighted by atomic mass is 35.5.